The molecule has 2 heterocycles. The first-order valence-electron chi connectivity index (χ1n) is 11.4. The molecule has 14 heteroatoms. The second kappa shape index (κ2) is 11.0. The molecule has 0 spiro atoms. The van der Waals surface area contributed by atoms with Crippen LogP contribution in [-0.2, 0) is 30.5 Å². The smallest absolute Gasteiger partial charge is 0.404 e. The number of nitro groups is 1. The van der Waals surface area contributed by atoms with E-state index in [2.05, 4.69) is 5.32 Å². The van der Waals surface area contributed by atoms with Crippen LogP contribution in [0.2, 0.25) is 0 Å². The van der Waals surface area contributed by atoms with Gasteiger partial charge in [0.15, 0.2) is 6.61 Å². The molecule has 38 heavy (non-hydrogen) atoms. The van der Waals surface area contributed by atoms with E-state index in [-0.39, 0.29) is 25.5 Å². The number of primary amides is 1. The van der Waals surface area contributed by atoms with Crippen molar-refractivity contribution in [2.75, 3.05) is 13.2 Å². The maximum Gasteiger partial charge on any atom is 0.404 e. The lowest BCUT2D eigenvalue weighted by Crippen LogP contribution is -2.71. The van der Waals surface area contributed by atoms with Crippen molar-refractivity contribution in [3.63, 3.8) is 0 Å². The van der Waals surface area contributed by atoms with Gasteiger partial charge in [-0.15, -0.1) is 11.8 Å². The van der Waals surface area contributed by atoms with Crippen LogP contribution in [0.25, 0.3) is 0 Å². The van der Waals surface area contributed by atoms with Crippen molar-refractivity contribution >= 4 is 41.3 Å². The van der Waals surface area contributed by atoms with Crippen molar-refractivity contribution in [2.24, 2.45) is 5.73 Å². The third-order valence-electron chi connectivity index (χ3n) is 6.01. The minimum absolute atomic E-state index is 0.111. The van der Waals surface area contributed by atoms with E-state index in [0.717, 1.165) is 0 Å². The van der Waals surface area contributed by atoms with E-state index in [4.69, 9.17) is 19.9 Å². The largest absolute Gasteiger partial charge is 0.484 e. The first-order valence-corrected chi connectivity index (χ1v) is 12.3. The zero-order valence-electron chi connectivity index (χ0n) is 20.1. The Kier molecular flexibility index (Phi) is 7.71. The number of carbonyl (C=O) groups excluding carboxylic acids is 4. The van der Waals surface area contributed by atoms with E-state index >= 15 is 0 Å². The first-order chi connectivity index (χ1) is 18.1. The van der Waals surface area contributed by atoms with Gasteiger partial charge >= 0.3 is 12.1 Å². The maximum atomic E-state index is 13.2. The zero-order valence-corrected chi connectivity index (χ0v) is 20.9. The molecule has 1 unspecified atom stereocenters. The number of para-hydroxylation sites is 1. The van der Waals surface area contributed by atoms with Gasteiger partial charge in [0, 0.05) is 12.1 Å². The lowest BCUT2D eigenvalue weighted by molar-refractivity contribution is -0.384. The number of hydrogen-bond acceptors (Lipinski definition) is 10. The number of amides is 3. The number of nitrogens with one attached hydrogen (secondary N) is 1. The molecule has 200 valence electrons. The molecule has 2 aliphatic heterocycles. The van der Waals surface area contributed by atoms with Crippen LogP contribution in [0.5, 0.6) is 5.75 Å². The highest BCUT2D eigenvalue weighted by atomic mass is 32.2. The summed E-state index contributed by atoms with van der Waals surface area (Å²) in [7, 11) is 0. The van der Waals surface area contributed by atoms with E-state index in [0.29, 0.717) is 11.3 Å². The van der Waals surface area contributed by atoms with Crippen LogP contribution in [0.15, 0.2) is 54.6 Å². The summed E-state index contributed by atoms with van der Waals surface area (Å²) in [6, 6.07) is 12.1. The van der Waals surface area contributed by atoms with Gasteiger partial charge in [0.2, 0.25) is 5.91 Å². The van der Waals surface area contributed by atoms with Gasteiger partial charge in [0.05, 0.1) is 9.67 Å². The molecule has 0 aromatic heterocycles. The molecule has 3 amide bonds. The molecule has 13 nitrogen and oxygen atoms in total. The molecule has 2 saturated heterocycles. The van der Waals surface area contributed by atoms with Crippen molar-refractivity contribution in [2.45, 2.75) is 35.7 Å². The Hall–Kier alpha value is -4.33. The van der Waals surface area contributed by atoms with Crippen LogP contribution in [0.3, 0.4) is 0 Å². The molecular formula is C24H24N4O9S. The van der Waals surface area contributed by atoms with Crippen LogP contribution >= 0.6 is 11.8 Å². The Labute approximate surface area is 220 Å². The molecule has 2 fully saturated rings. The van der Waals surface area contributed by atoms with Crippen LogP contribution in [0.4, 0.5) is 10.5 Å². The molecular weight excluding hydrogens is 520 g/mol. The highest BCUT2D eigenvalue weighted by Gasteiger charge is 2.66. The molecule has 4 rings (SSSR count). The second-order valence-corrected chi connectivity index (χ2v) is 10.4. The molecule has 2 aliphatic rings. The van der Waals surface area contributed by atoms with E-state index in [9.17, 15) is 29.3 Å². The van der Waals surface area contributed by atoms with Gasteiger partial charge < -0.3 is 30.2 Å². The molecule has 0 bridgehead atoms. The van der Waals surface area contributed by atoms with Crippen molar-refractivity contribution < 1.29 is 38.3 Å². The van der Waals surface area contributed by atoms with E-state index in [1.54, 1.807) is 37.3 Å². The van der Waals surface area contributed by atoms with Gasteiger partial charge in [-0.2, -0.15) is 0 Å². The first kappa shape index (κ1) is 26.7. The van der Waals surface area contributed by atoms with Crippen LogP contribution in [-0.4, -0.2) is 69.1 Å². The Morgan fingerprint density at radius 1 is 1.13 bits per heavy atom. The monoisotopic (exact) mass is 544 g/mol. The summed E-state index contributed by atoms with van der Waals surface area (Å²) in [5.74, 6) is -1.30. The third-order valence-corrected chi connectivity index (χ3v) is 7.63. The fraction of sp³-hybridized carbons (Fsp3) is 0.333. The number of hydrogen-bond donors (Lipinski definition) is 2. The van der Waals surface area contributed by atoms with Crippen molar-refractivity contribution in [3.8, 4) is 5.75 Å². The third kappa shape index (κ3) is 5.64. The fourth-order valence-electron chi connectivity index (χ4n) is 4.17. The predicted octanol–water partition coefficient (Wildman–Crippen LogP) is 1.34. The molecule has 2 aromatic rings. The molecule has 4 atom stereocenters. The Morgan fingerprint density at radius 2 is 1.82 bits per heavy atom. The van der Waals surface area contributed by atoms with Crippen LogP contribution < -0.4 is 15.8 Å². The average Bonchev–Trinajstić information content (AvgIpc) is 3.18. The Bertz CT molecular complexity index is 1240. The van der Waals surface area contributed by atoms with E-state index < -0.39 is 51.0 Å². The average molecular weight is 545 g/mol. The second-order valence-electron chi connectivity index (χ2n) is 8.76. The van der Waals surface area contributed by atoms with Crippen molar-refractivity contribution in [3.05, 3.63) is 70.3 Å². The molecule has 3 N–H and O–H groups in total. The number of carbonyl (C=O) groups is 4. The molecule has 0 aliphatic carbocycles. The number of benzene rings is 2. The summed E-state index contributed by atoms with van der Waals surface area (Å²) in [5.41, 5.74) is 5.51. The number of non-ortho nitro benzene ring substituents is 1. The summed E-state index contributed by atoms with van der Waals surface area (Å²) in [6.07, 6.45) is -1.05. The number of nitro benzene ring substituents is 1. The number of esters is 1. The van der Waals surface area contributed by atoms with Crippen LogP contribution in [0.1, 0.15) is 12.5 Å². The van der Waals surface area contributed by atoms with Gasteiger partial charge in [-0.05, 0) is 36.8 Å². The lowest BCUT2D eigenvalue weighted by Gasteiger charge is -2.43. The lowest BCUT2D eigenvalue weighted by atomic mass is 9.95. The zero-order chi connectivity index (χ0) is 27.4. The van der Waals surface area contributed by atoms with Crippen molar-refractivity contribution in [1.29, 1.82) is 0 Å². The van der Waals surface area contributed by atoms with Gasteiger partial charge in [0.1, 0.15) is 36.4 Å². The van der Waals surface area contributed by atoms with Crippen LogP contribution in [0, 0.1) is 10.1 Å². The fourth-order valence-corrected chi connectivity index (χ4v) is 5.85. The Morgan fingerprint density at radius 3 is 2.45 bits per heavy atom. The number of rotatable bonds is 10. The Balaban J connectivity index is 1.42. The minimum atomic E-state index is -1.14. The quantitative estimate of drug-likeness (QED) is 0.192. The number of β-lactam (4-membered cyclic amide) rings is 1. The number of nitrogens with two attached hydrogens (primary N) is 1. The van der Waals surface area contributed by atoms with E-state index in [1.807, 2.05) is 0 Å². The van der Waals surface area contributed by atoms with Gasteiger partial charge in [-0.1, -0.05) is 18.2 Å². The standard InChI is InChI=1S/C24H24N4O9S/c1-24(13-37-23(25)32)19(22(31)36-11-14-7-9-15(10-8-14)28(33)34)27-20(30)18(21(27)38-24)26-17(29)12-35-16-5-3-2-4-6-16/h2-10,18-19,21H,11-13H2,1H3,(H2,25,32)(H,26,29)/t18-,19+,21?,24+/m1/s1. The molecule has 0 radical (unpaired) electrons. The SMILES string of the molecule is C[C@@]1(COC(N)=O)SC2[C@H](NC(=O)COc3ccccc3)C(=O)N2[C@H]1C(=O)OCc1ccc([N+](=O)[O-])cc1. The van der Waals surface area contributed by atoms with Gasteiger partial charge in [-0.3, -0.25) is 19.7 Å². The highest BCUT2D eigenvalue weighted by Crippen LogP contribution is 2.51. The topological polar surface area (TPSA) is 180 Å². The predicted molar refractivity (Wildman–Crippen MR) is 133 cm³/mol. The minimum Gasteiger partial charge on any atom is -0.484 e. The summed E-state index contributed by atoms with van der Waals surface area (Å²) < 4.78 is 14.7. The maximum absolute atomic E-state index is 13.2. The summed E-state index contributed by atoms with van der Waals surface area (Å²) in [5, 5.41) is 12.8. The summed E-state index contributed by atoms with van der Waals surface area (Å²) in [6.45, 7) is 0.826. The number of fused-ring (bicyclic) bond motifs is 1. The van der Waals surface area contributed by atoms with Crippen molar-refractivity contribution in [1.82, 2.24) is 10.2 Å². The normalized spacial score (nSPS) is 23.6. The number of nitrogens with zero attached hydrogens (tertiary/aromatic N) is 2. The number of thioether (sulfide) groups is 1. The van der Waals surface area contributed by atoms with E-state index in [1.165, 1.54) is 40.9 Å². The summed E-state index contributed by atoms with van der Waals surface area (Å²) >= 11 is 1.18. The highest BCUT2D eigenvalue weighted by molar-refractivity contribution is 8.01. The summed E-state index contributed by atoms with van der Waals surface area (Å²) in [4.78, 5) is 61.5. The molecule has 2 aromatic carbocycles. The molecule has 0 saturated carbocycles. The van der Waals surface area contributed by atoms with Gasteiger partial charge in [-0.25, -0.2) is 9.59 Å². The number of ether oxygens (including phenoxy) is 3. The van der Waals surface area contributed by atoms with Gasteiger partial charge in [0.25, 0.3) is 11.6 Å².